The third-order valence-electron chi connectivity index (χ3n) is 2.80. The highest BCUT2D eigenvalue weighted by atomic mass is 16.5. The molecule has 0 bridgehead atoms. The Bertz CT molecular complexity index is 361. The van der Waals surface area contributed by atoms with Crippen molar-refractivity contribution in [3.63, 3.8) is 0 Å². The normalized spacial score (nSPS) is 10.4. The molecule has 0 aliphatic heterocycles. The Morgan fingerprint density at radius 3 is 2.12 bits per heavy atom. The van der Waals surface area contributed by atoms with E-state index in [1.807, 2.05) is 32.0 Å². The maximum atomic E-state index is 11.6. The van der Waals surface area contributed by atoms with Crippen LogP contribution in [-0.4, -0.2) is 20.0 Å². The van der Waals surface area contributed by atoms with Crippen LogP contribution in [0.3, 0.4) is 0 Å². The number of rotatable bonds is 6. The van der Waals surface area contributed by atoms with Crippen molar-refractivity contribution in [3.8, 4) is 11.5 Å². The molecule has 0 saturated heterocycles. The highest BCUT2D eigenvalue weighted by Crippen LogP contribution is 2.29. The van der Waals surface area contributed by atoms with Crippen LogP contribution in [0.1, 0.15) is 25.8 Å². The molecule has 1 rings (SSSR count). The first kappa shape index (κ1) is 13.6. The second-order valence-electron chi connectivity index (χ2n) is 4.26. The molecular formula is C14H20O3. The summed E-state index contributed by atoms with van der Waals surface area (Å²) in [5.41, 5.74) is 0.964. The zero-order valence-corrected chi connectivity index (χ0v) is 10.9. The van der Waals surface area contributed by atoms with Gasteiger partial charge in [0.2, 0.25) is 0 Å². The molecule has 0 fully saturated rings. The van der Waals surface area contributed by atoms with E-state index in [1.54, 1.807) is 14.2 Å². The van der Waals surface area contributed by atoms with Gasteiger partial charge in [-0.1, -0.05) is 19.9 Å². The number of carbonyl (C=O) groups excluding carboxylic acids is 1. The molecule has 17 heavy (non-hydrogen) atoms. The van der Waals surface area contributed by atoms with Gasteiger partial charge in [-0.25, -0.2) is 0 Å². The first-order valence-corrected chi connectivity index (χ1v) is 5.82. The zero-order chi connectivity index (χ0) is 12.8. The van der Waals surface area contributed by atoms with Crippen LogP contribution >= 0.6 is 0 Å². The van der Waals surface area contributed by atoms with Crippen molar-refractivity contribution in [1.82, 2.24) is 0 Å². The summed E-state index contributed by atoms with van der Waals surface area (Å²) in [5.74, 6) is 1.90. The van der Waals surface area contributed by atoms with Gasteiger partial charge in [0.1, 0.15) is 17.3 Å². The van der Waals surface area contributed by atoms with Gasteiger partial charge >= 0.3 is 0 Å². The monoisotopic (exact) mass is 236 g/mol. The van der Waals surface area contributed by atoms with Crippen LogP contribution in [0.2, 0.25) is 0 Å². The SMILES string of the molecule is COc1cccc(OC)c1CCC(=O)C(C)C. The van der Waals surface area contributed by atoms with Crippen molar-refractivity contribution in [3.05, 3.63) is 23.8 Å². The van der Waals surface area contributed by atoms with Gasteiger partial charge in [-0.15, -0.1) is 0 Å². The summed E-state index contributed by atoms with van der Waals surface area (Å²) >= 11 is 0. The van der Waals surface area contributed by atoms with Crippen molar-refractivity contribution in [2.75, 3.05) is 14.2 Å². The second-order valence-corrected chi connectivity index (χ2v) is 4.26. The molecule has 0 amide bonds. The average Bonchev–Trinajstić information content (AvgIpc) is 2.34. The van der Waals surface area contributed by atoms with Gasteiger partial charge in [0.15, 0.2) is 0 Å². The number of Topliss-reactive ketones (excluding diaryl/α,β-unsaturated/α-hetero) is 1. The lowest BCUT2D eigenvalue weighted by Crippen LogP contribution is -2.08. The Balaban J connectivity index is 2.84. The molecular weight excluding hydrogens is 216 g/mol. The summed E-state index contributed by atoms with van der Waals surface area (Å²) < 4.78 is 10.6. The van der Waals surface area contributed by atoms with Crippen molar-refractivity contribution >= 4 is 5.78 Å². The topological polar surface area (TPSA) is 35.5 Å². The maximum Gasteiger partial charge on any atom is 0.135 e. The van der Waals surface area contributed by atoms with Gasteiger partial charge in [-0.3, -0.25) is 4.79 Å². The number of carbonyl (C=O) groups is 1. The minimum Gasteiger partial charge on any atom is -0.496 e. The van der Waals surface area contributed by atoms with Gasteiger partial charge in [-0.05, 0) is 18.6 Å². The summed E-state index contributed by atoms with van der Waals surface area (Å²) in [5, 5.41) is 0. The molecule has 3 heteroatoms. The highest BCUT2D eigenvalue weighted by molar-refractivity contribution is 5.80. The van der Waals surface area contributed by atoms with E-state index in [-0.39, 0.29) is 11.7 Å². The summed E-state index contributed by atoms with van der Waals surface area (Å²) in [4.78, 5) is 11.6. The number of ether oxygens (including phenoxy) is 2. The molecule has 1 aromatic carbocycles. The lowest BCUT2D eigenvalue weighted by Gasteiger charge is -2.13. The summed E-state index contributed by atoms with van der Waals surface area (Å²) in [7, 11) is 3.26. The average molecular weight is 236 g/mol. The van der Waals surface area contributed by atoms with E-state index in [0.29, 0.717) is 12.8 Å². The Morgan fingerprint density at radius 1 is 1.18 bits per heavy atom. The first-order chi connectivity index (χ1) is 8.10. The number of hydrogen-bond acceptors (Lipinski definition) is 3. The lowest BCUT2D eigenvalue weighted by molar-refractivity contribution is -0.121. The smallest absolute Gasteiger partial charge is 0.135 e. The number of ketones is 1. The third kappa shape index (κ3) is 3.48. The van der Waals surface area contributed by atoms with E-state index in [0.717, 1.165) is 17.1 Å². The van der Waals surface area contributed by atoms with Gasteiger partial charge in [0, 0.05) is 17.9 Å². The van der Waals surface area contributed by atoms with Crippen molar-refractivity contribution in [2.45, 2.75) is 26.7 Å². The fourth-order valence-corrected chi connectivity index (χ4v) is 1.71. The number of benzene rings is 1. The molecule has 3 nitrogen and oxygen atoms in total. The summed E-state index contributed by atoms with van der Waals surface area (Å²) in [6, 6.07) is 5.65. The van der Waals surface area contributed by atoms with Gasteiger partial charge in [-0.2, -0.15) is 0 Å². The number of hydrogen-bond donors (Lipinski definition) is 0. The molecule has 0 radical (unpaired) electrons. The lowest BCUT2D eigenvalue weighted by atomic mass is 10.00. The quantitative estimate of drug-likeness (QED) is 0.762. The van der Waals surface area contributed by atoms with E-state index in [1.165, 1.54) is 0 Å². The molecule has 0 aromatic heterocycles. The largest absolute Gasteiger partial charge is 0.496 e. The second kappa shape index (κ2) is 6.28. The molecule has 94 valence electrons. The van der Waals surface area contributed by atoms with E-state index in [9.17, 15) is 4.79 Å². The van der Waals surface area contributed by atoms with Gasteiger partial charge < -0.3 is 9.47 Å². The molecule has 0 aliphatic rings. The van der Waals surface area contributed by atoms with Crippen LogP contribution < -0.4 is 9.47 Å². The Kier molecular flexibility index (Phi) is 5.01. The van der Waals surface area contributed by atoms with Gasteiger partial charge in [0.05, 0.1) is 14.2 Å². The zero-order valence-electron chi connectivity index (χ0n) is 10.9. The Labute approximate surface area is 103 Å². The minimum atomic E-state index is 0.0794. The summed E-state index contributed by atoms with van der Waals surface area (Å²) in [6.45, 7) is 3.84. The fourth-order valence-electron chi connectivity index (χ4n) is 1.71. The van der Waals surface area contributed by atoms with E-state index in [2.05, 4.69) is 0 Å². The molecule has 0 N–H and O–H groups in total. The van der Waals surface area contributed by atoms with E-state index in [4.69, 9.17) is 9.47 Å². The maximum absolute atomic E-state index is 11.6. The van der Waals surface area contributed by atoms with Crippen LogP contribution in [0.4, 0.5) is 0 Å². The van der Waals surface area contributed by atoms with E-state index >= 15 is 0 Å². The van der Waals surface area contributed by atoms with Crippen LogP contribution in [0.15, 0.2) is 18.2 Å². The summed E-state index contributed by atoms with van der Waals surface area (Å²) in [6.07, 6.45) is 1.18. The Hall–Kier alpha value is -1.51. The van der Waals surface area contributed by atoms with Crippen LogP contribution in [-0.2, 0) is 11.2 Å². The molecule has 0 spiro atoms. The molecule has 0 aliphatic carbocycles. The molecule has 1 aromatic rings. The van der Waals surface area contributed by atoms with Crippen molar-refractivity contribution in [1.29, 1.82) is 0 Å². The third-order valence-corrected chi connectivity index (χ3v) is 2.80. The van der Waals surface area contributed by atoms with E-state index < -0.39 is 0 Å². The Morgan fingerprint density at radius 2 is 1.71 bits per heavy atom. The fraction of sp³-hybridized carbons (Fsp3) is 0.500. The predicted molar refractivity (Wildman–Crippen MR) is 67.7 cm³/mol. The predicted octanol–water partition coefficient (Wildman–Crippen LogP) is 2.86. The highest BCUT2D eigenvalue weighted by Gasteiger charge is 2.13. The van der Waals surface area contributed by atoms with Crippen LogP contribution in [0, 0.1) is 5.92 Å². The number of methoxy groups -OCH3 is 2. The molecule has 0 saturated carbocycles. The van der Waals surface area contributed by atoms with Crippen LogP contribution in [0.5, 0.6) is 11.5 Å². The molecule has 0 heterocycles. The van der Waals surface area contributed by atoms with Crippen LogP contribution in [0.25, 0.3) is 0 Å². The molecule has 0 atom stereocenters. The first-order valence-electron chi connectivity index (χ1n) is 5.82. The standard InChI is InChI=1S/C14H20O3/c1-10(2)12(15)9-8-11-13(16-3)6-5-7-14(11)17-4/h5-7,10H,8-9H2,1-4H3. The van der Waals surface area contributed by atoms with Crippen molar-refractivity contribution in [2.24, 2.45) is 5.92 Å². The minimum absolute atomic E-state index is 0.0794. The van der Waals surface area contributed by atoms with Crippen molar-refractivity contribution < 1.29 is 14.3 Å². The molecule has 0 unspecified atom stereocenters. The van der Waals surface area contributed by atoms with Gasteiger partial charge in [0.25, 0.3) is 0 Å².